The molecular weight excluding hydrogens is 524 g/mol. The zero-order chi connectivity index (χ0) is 29.6. The van der Waals surface area contributed by atoms with Gasteiger partial charge in [0.25, 0.3) is 5.89 Å². The molecule has 1 aliphatic heterocycles. The van der Waals surface area contributed by atoms with Crippen molar-refractivity contribution in [1.29, 1.82) is 0 Å². The van der Waals surface area contributed by atoms with Gasteiger partial charge in [0.05, 0.1) is 0 Å². The van der Waals surface area contributed by atoms with Gasteiger partial charge in [-0.3, -0.25) is 9.59 Å². The number of nitrogens with one attached hydrogen (secondary N) is 1. The van der Waals surface area contributed by atoms with Crippen LogP contribution in [0.4, 0.5) is 0 Å². The molecule has 7 heteroatoms. The highest BCUT2D eigenvalue weighted by molar-refractivity contribution is 5.94. The van der Waals surface area contributed by atoms with Crippen LogP contribution in [0.1, 0.15) is 87.3 Å². The summed E-state index contributed by atoms with van der Waals surface area (Å²) in [6.07, 6.45) is 5.97. The number of pyridine rings is 2. The molecule has 4 aromatic rings. The largest absolute Gasteiger partial charge is 0.415 e. The first kappa shape index (κ1) is 28.5. The number of carbonyl (C=O) groups is 1. The summed E-state index contributed by atoms with van der Waals surface area (Å²) in [6.45, 7) is 14.6. The second-order valence-corrected chi connectivity index (χ2v) is 14.3. The average molecular weight is 567 g/mol. The van der Waals surface area contributed by atoms with E-state index in [0.717, 1.165) is 67.7 Å². The number of aromatic amines is 1. The third kappa shape index (κ3) is 6.12. The second kappa shape index (κ2) is 10.9. The lowest BCUT2D eigenvalue weighted by molar-refractivity contribution is 0.0286. The highest BCUT2D eigenvalue weighted by Crippen LogP contribution is 2.38. The normalized spacial score (nSPS) is 19.3. The molecule has 6 rings (SSSR count). The molecule has 0 amide bonds. The number of benzene rings is 1. The molecule has 0 saturated carbocycles. The minimum atomic E-state index is -0.119. The maximum absolute atomic E-state index is 13.6. The Balaban J connectivity index is 1.21. The highest BCUT2D eigenvalue weighted by atomic mass is 16.4. The van der Waals surface area contributed by atoms with Crippen LogP contribution in [0.5, 0.6) is 0 Å². The predicted octanol–water partition coefficient (Wildman–Crippen LogP) is 6.82. The first-order valence-corrected chi connectivity index (χ1v) is 15.3. The Labute approximate surface area is 247 Å². The number of Topliss-reactive ketones (excluding diaryl/α,β-unsaturated/α-hetero) is 1. The molecule has 1 N–H and O–H groups in total. The zero-order valence-corrected chi connectivity index (χ0v) is 25.5. The van der Waals surface area contributed by atoms with Crippen LogP contribution in [-0.4, -0.2) is 45.3 Å². The van der Waals surface area contributed by atoms with E-state index in [2.05, 4.69) is 79.8 Å². The van der Waals surface area contributed by atoms with Gasteiger partial charge in [-0.15, -0.1) is 0 Å². The van der Waals surface area contributed by atoms with Crippen molar-refractivity contribution in [2.24, 2.45) is 16.7 Å². The van der Waals surface area contributed by atoms with Crippen LogP contribution in [0.15, 0.2) is 57.9 Å². The van der Waals surface area contributed by atoms with E-state index in [4.69, 9.17) is 9.40 Å². The number of fused-ring (bicyclic) bond motifs is 2. The topological polar surface area (TPSA) is 92.1 Å². The summed E-state index contributed by atoms with van der Waals surface area (Å²) in [6, 6.07) is 13.8. The fourth-order valence-electron chi connectivity index (χ4n) is 6.77. The van der Waals surface area contributed by atoms with Crippen LogP contribution in [0.25, 0.3) is 22.4 Å². The number of ketones is 1. The van der Waals surface area contributed by atoms with Gasteiger partial charge in [-0.2, -0.15) is 0 Å². The summed E-state index contributed by atoms with van der Waals surface area (Å²) in [7, 11) is 0. The molecule has 3 aromatic heterocycles. The molecule has 7 nitrogen and oxygen atoms in total. The van der Waals surface area contributed by atoms with Gasteiger partial charge in [0.2, 0.25) is 17.1 Å². The van der Waals surface area contributed by atoms with E-state index in [1.165, 1.54) is 11.6 Å². The number of nitrogens with zero attached hydrogens (tertiary/aromatic N) is 3. The Morgan fingerprint density at radius 3 is 2.50 bits per heavy atom. The molecule has 4 heterocycles. The third-order valence-electron chi connectivity index (χ3n) is 9.24. The van der Waals surface area contributed by atoms with E-state index < -0.39 is 0 Å². The first-order chi connectivity index (χ1) is 19.9. The number of hydrogen-bond acceptors (Lipinski definition) is 6. The monoisotopic (exact) mass is 566 g/mol. The van der Waals surface area contributed by atoms with Crippen molar-refractivity contribution < 1.29 is 9.21 Å². The van der Waals surface area contributed by atoms with Crippen molar-refractivity contribution in [1.82, 2.24) is 19.9 Å². The van der Waals surface area contributed by atoms with Crippen molar-refractivity contribution >= 4 is 17.0 Å². The van der Waals surface area contributed by atoms with Gasteiger partial charge in [-0.25, -0.2) is 9.97 Å². The molecule has 2 aliphatic rings. The lowest BCUT2D eigenvalue weighted by Gasteiger charge is -2.46. The van der Waals surface area contributed by atoms with Gasteiger partial charge < -0.3 is 14.3 Å². The van der Waals surface area contributed by atoms with Crippen LogP contribution in [-0.2, 0) is 12.8 Å². The maximum Gasteiger partial charge on any atom is 0.265 e. The summed E-state index contributed by atoms with van der Waals surface area (Å²) < 4.78 is 5.99. The minimum Gasteiger partial charge on any atom is -0.415 e. The molecule has 0 bridgehead atoms. The van der Waals surface area contributed by atoms with Gasteiger partial charge in [0.15, 0.2) is 0 Å². The van der Waals surface area contributed by atoms with E-state index in [9.17, 15) is 9.59 Å². The fraction of sp³-hybridized carbons (Fsp3) is 0.486. The smallest absolute Gasteiger partial charge is 0.265 e. The standard InChI is InChI=1S/C35H42N4O3/c1-34(2,3)27-11-12-28-26(16-27)17-29-32(37-28)42-33(38-29)30(40)18-24(14-15-39-20-35(4,5)21-39)22-6-8-23(9-7-22)25-10-13-31(41)36-19-25/h6-10,13,17,19,24,27H,11-12,14-16,18,20-21H2,1-5H3,(H,36,41)/t24-,27-/m0/s1. The van der Waals surface area contributed by atoms with Crippen molar-refractivity contribution in [3.63, 3.8) is 0 Å². The van der Waals surface area contributed by atoms with Crippen LogP contribution >= 0.6 is 0 Å². The number of H-pyrrole nitrogens is 1. The summed E-state index contributed by atoms with van der Waals surface area (Å²) in [4.78, 5) is 39.7. The Morgan fingerprint density at radius 2 is 1.83 bits per heavy atom. The Bertz CT molecular complexity index is 1630. The molecule has 1 saturated heterocycles. The van der Waals surface area contributed by atoms with E-state index in [0.29, 0.717) is 29.0 Å². The fourth-order valence-corrected chi connectivity index (χ4v) is 6.77. The summed E-state index contributed by atoms with van der Waals surface area (Å²) in [5, 5.41) is 0. The average Bonchev–Trinajstić information content (AvgIpc) is 3.35. The molecule has 1 aliphatic carbocycles. The number of aryl methyl sites for hydroxylation is 1. The molecule has 220 valence electrons. The number of rotatable bonds is 8. The van der Waals surface area contributed by atoms with E-state index in [1.54, 1.807) is 6.20 Å². The molecule has 1 fully saturated rings. The molecule has 0 spiro atoms. The van der Waals surface area contributed by atoms with E-state index in [-0.39, 0.29) is 28.6 Å². The lowest BCUT2D eigenvalue weighted by Crippen LogP contribution is -2.53. The lowest BCUT2D eigenvalue weighted by atomic mass is 9.71. The molecular formula is C35H42N4O3. The number of oxazole rings is 1. The number of carbonyl (C=O) groups excluding carboxylic acids is 1. The maximum atomic E-state index is 13.6. The minimum absolute atomic E-state index is 0.0366. The molecule has 1 aromatic carbocycles. The summed E-state index contributed by atoms with van der Waals surface area (Å²) >= 11 is 0. The number of likely N-dealkylation sites (tertiary alicyclic amines) is 1. The Hall–Kier alpha value is -3.58. The zero-order valence-electron chi connectivity index (χ0n) is 25.5. The first-order valence-electron chi connectivity index (χ1n) is 15.3. The molecule has 2 atom stereocenters. The van der Waals surface area contributed by atoms with Gasteiger partial charge in [-0.1, -0.05) is 58.9 Å². The van der Waals surface area contributed by atoms with Gasteiger partial charge in [0, 0.05) is 37.5 Å². The number of hydrogen-bond donors (Lipinski definition) is 1. The van der Waals surface area contributed by atoms with Gasteiger partial charge in [0.1, 0.15) is 5.52 Å². The molecule has 0 radical (unpaired) electrons. The van der Waals surface area contributed by atoms with Crippen LogP contribution in [0, 0.1) is 16.7 Å². The van der Waals surface area contributed by atoms with Crippen molar-refractivity contribution in [3.8, 4) is 11.1 Å². The van der Waals surface area contributed by atoms with Gasteiger partial charge in [-0.05, 0) is 89.3 Å². The SMILES string of the molecule is CC1(C)CN(CC[C@@H](CC(=O)c2nc3cc4c(nc3o2)CC[C@H](C(C)(C)C)C4)c2ccc(-c3ccc(=O)[nH]c3)cc2)C1. The summed E-state index contributed by atoms with van der Waals surface area (Å²) in [5.74, 6) is 0.712. The summed E-state index contributed by atoms with van der Waals surface area (Å²) in [5.41, 5.74) is 7.04. The Kier molecular flexibility index (Phi) is 7.42. The predicted molar refractivity (Wildman–Crippen MR) is 166 cm³/mol. The highest BCUT2D eigenvalue weighted by Gasteiger charge is 2.34. The number of aromatic nitrogens is 3. The van der Waals surface area contributed by atoms with Crippen LogP contribution < -0.4 is 5.56 Å². The quantitative estimate of drug-likeness (QED) is 0.235. The van der Waals surface area contributed by atoms with E-state index >= 15 is 0 Å². The van der Waals surface area contributed by atoms with Crippen molar-refractivity contribution in [2.75, 3.05) is 19.6 Å². The van der Waals surface area contributed by atoms with Crippen LogP contribution in [0.3, 0.4) is 0 Å². The van der Waals surface area contributed by atoms with Gasteiger partial charge >= 0.3 is 0 Å². The molecule has 0 unspecified atom stereocenters. The van der Waals surface area contributed by atoms with Crippen LogP contribution in [0.2, 0.25) is 0 Å². The van der Waals surface area contributed by atoms with Crippen molar-refractivity contribution in [2.45, 2.75) is 72.6 Å². The van der Waals surface area contributed by atoms with Crippen molar-refractivity contribution in [3.05, 3.63) is 81.7 Å². The Morgan fingerprint density at radius 1 is 1.10 bits per heavy atom. The molecule has 42 heavy (non-hydrogen) atoms. The second-order valence-electron chi connectivity index (χ2n) is 14.3. The van der Waals surface area contributed by atoms with E-state index in [1.807, 2.05) is 6.07 Å². The third-order valence-corrected chi connectivity index (χ3v) is 9.24.